The zero-order chi connectivity index (χ0) is 26.4. The molecule has 2 fully saturated rings. The van der Waals surface area contributed by atoms with Crippen molar-refractivity contribution in [3.63, 3.8) is 0 Å². The average molecular weight is 512 g/mol. The summed E-state index contributed by atoms with van der Waals surface area (Å²) in [5.41, 5.74) is 2.06. The van der Waals surface area contributed by atoms with Crippen LogP contribution >= 0.6 is 0 Å². The molecule has 0 radical (unpaired) electrons. The van der Waals surface area contributed by atoms with Gasteiger partial charge >= 0.3 is 0 Å². The number of para-hydroxylation sites is 1. The average Bonchev–Trinajstić information content (AvgIpc) is 3.52. The van der Waals surface area contributed by atoms with Gasteiger partial charge in [-0.25, -0.2) is 0 Å². The Balaban J connectivity index is 1.34. The van der Waals surface area contributed by atoms with E-state index >= 15 is 0 Å². The Morgan fingerprint density at radius 3 is 2.34 bits per heavy atom. The van der Waals surface area contributed by atoms with Crippen LogP contribution in [0.15, 0.2) is 72.8 Å². The molecule has 0 bridgehead atoms. The van der Waals surface area contributed by atoms with Crippen LogP contribution in [0.5, 0.6) is 11.5 Å². The molecule has 3 aliphatic rings. The number of fused-ring (bicyclic) bond motifs is 4. The fraction of sp³-hybridized carbons (Fsp3) is 0.300. The molecular formula is C30H29N3O5. The van der Waals surface area contributed by atoms with Gasteiger partial charge in [0, 0.05) is 23.8 Å². The maximum atomic E-state index is 14.0. The van der Waals surface area contributed by atoms with E-state index < -0.39 is 17.4 Å². The number of benzene rings is 3. The van der Waals surface area contributed by atoms with E-state index in [2.05, 4.69) is 10.6 Å². The van der Waals surface area contributed by atoms with E-state index in [9.17, 15) is 14.4 Å². The van der Waals surface area contributed by atoms with Gasteiger partial charge in [0.25, 0.3) is 0 Å². The zero-order valence-electron chi connectivity index (χ0n) is 21.3. The van der Waals surface area contributed by atoms with Gasteiger partial charge in [0.2, 0.25) is 17.7 Å². The monoisotopic (exact) mass is 511 g/mol. The number of amides is 3. The molecular weight excluding hydrogens is 482 g/mol. The standard InChI is InChI=1S/C30H29N3O5/c1-37-23-13-12-19(17-24(23)38-2)14-15-33-27(34)25-22(16-18-8-4-3-5-9-18)32-30(26(25)28(33)35)20-10-6-7-11-21(20)31-29(30)36/h3-13,17,22,25-26,32H,14-16H2,1-2H3,(H,31,36)/t22-,25-,26-,30-/m0/s1. The number of imide groups is 1. The van der Waals surface area contributed by atoms with Crippen LogP contribution in [0.2, 0.25) is 0 Å². The molecule has 3 aliphatic heterocycles. The van der Waals surface area contributed by atoms with Crippen LogP contribution in [0.3, 0.4) is 0 Å². The molecule has 0 aliphatic carbocycles. The van der Waals surface area contributed by atoms with Crippen LogP contribution < -0.4 is 20.1 Å². The van der Waals surface area contributed by atoms with Gasteiger partial charge in [0.1, 0.15) is 5.54 Å². The summed E-state index contributed by atoms with van der Waals surface area (Å²) in [6.07, 6.45) is 0.992. The van der Waals surface area contributed by atoms with Crippen molar-refractivity contribution in [2.75, 3.05) is 26.1 Å². The lowest BCUT2D eigenvalue weighted by Crippen LogP contribution is -2.53. The molecule has 3 aromatic rings. The van der Waals surface area contributed by atoms with Crippen LogP contribution in [-0.2, 0) is 32.8 Å². The number of carbonyl (C=O) groups is 3. The van der Waals surface area contributed by atoms with Gasteiger partial charge in [-0.15, -0.1) is 0 Å². The molecule has 0 unspecified atom stereocenters. The van der Waals surface area contributed by atoms with Crippen molar-refractivity contribution >= 4 is 23.4 Å². The van der Waals surface area contributed by atoms with Crippen molar-refractivity contribution in [3.05, 3.63) is 89.5 Å². The summed E-state index contributed by atoms with van der Waals surface area (Å²) in [6, 6.07) is 22.4. The zero-order valence-corrected chi connectivity index (χ0v) is 21.3. The molecule has 0 saturated carbocycles. The maximum absolute atomic E-state index is 14.0. The van der Waals surface area contributed by atoms with Gasteiger partial charge in [-0.3, -0.25) is 24.6 Å². The second-order valence-electron chi connectivity index (χ2n) is 10.0. The summed E-state index contributed by atoms with van der Waals surface area (Å²) in [7, 11) is 3.14. The Morgan fingerprint density at radius 1 is 0.842 bits per heavy atom. The molecule has 3 heterocycles. The highest BCUT2D eigenvalue weighted by Gasteiger charge is 2.70. The maximum Gasteiger partial charge on any atom is 0.250 e. The van der Waals surface area contributed by atoms with E-state index in [-0.39, 0.29) is 30.3 Å². The summed E-state index contributed by atoms with van der Waals surface area (Å²) < 4.78 is 10.7. The third kappa shape index (κ3) is 3.59. The van der Waals surface area contributed by atoms with E-state index in [1.54, 1.807) is 14.2 Å². The Hall–Kier alpha value is -4.17. The number of ether oxygens (including phenoxy) is 2. The Bertz CT molecular complexity index is 1420. The Morgan fingerprint density at radius 2 is 1.58 bits per heavy atom. The minimum Gasteiger partial charge on any atom is -0.493 e. The van der Waals surface area contributed by atoms with Crippen molar-refractivity contribution in [1.82, 2.24) is 10.2 Å². The Kier molecular flexibility index (Phi) is 5.91. The van der Waals surface area contributed by atoms with Crippen molar-refractivity contribution in [2.45, 2.75) is 24.4 Å². The number of hydrogen-bond donors (Lipinski definition) is 2. The topological polar surface area (TPSA) is 97.0 Å². The molecule has 3 aromatic carbocycles. The summed E-state index contributed by atoms with van der Waals surface area (Å²) in [5.74, 6) is -1.10. The largest absolute Gasteiger partial charge is 0.493 e. The molecule has 194 valence electrons. The van der Waals surface area contributed by atoms with E-state index in [1.807, 2.05) is 72.8 Å². The number of carbonyl (C=O) groups excluding carboxylic acids is 3. The van der Waals surface area contributed by atoms with E-state index in [1.165, 1.54) is 4.90 Å². The summed E-state index contributed by atoms with van der Waals surface area (Å²) in [5, 5.41) is 6.44. The van der Waals surface area contributed by atoms with Gasteiger partial charge in [0.05, 0.1) is 26.1 Å². The van der Waals surface area contributed by atoms with Crippen molar-refractivity contribution in [1.29, 1.82) is 0 Å². The quantitative estimate of drug-likeness (QED) is 0.474. The molecule has 4 atom stereocenters. The molecule has 38 heavy (non-hydrogen) atoms. The van der Waals surface area contributed by atoms with Crippen molar-refractivity contribution in [3.8, 4) is 11.5 Å². The molecule has 6 rings (SSSR count). The normalized spacial score (nSPS) is 25.5. The highest BCUT2D eigenvalue weighted by molar-refractivity contribution is 6.15. The molecule has 2 N–H and O–H groups in total. The molecule has 8 heteroatoms. The van der Waals surface area contributed by atoms with Crippen molar-refractivity contribution in [2.24, 2.45) is 11.8 Å². The smallest absolute Gasteiger partial charge is 0.250 e. The molecule has 3 amide bonds. The first-order valence-electron chi connectivity index (χ1n) is 12.8. The number of likely N-dealkylation sites (tertiary alicyclic amines) is 1. The van der Waals surface area contributed by atoms with Crippen LogP contribution in [0.25, 0.3) is 0 Å². The molecule has 2 saturated heterocycles. The SMILES string of the molecule is COc1ccc(CCN2C(=O)[C@H]3[C@H](Cc4ccccc4)N[C@]4(C(=O)Nc5ccccc54)[C@@H]3C2=O)cc1OC. The molecule has 8 nitrogen and oxygen atoms in total. The first kappa shape index (κ1) is 24.2. The second-order valence-corrected chi connectivity index (χ2v) is 10.0. The van der Waals surface area contributed by atoms with Crippen LogP contribution in [0, 0.1) is 11.8 Å². The van der Waals surface area contributed by atoms with E-state index in [4.69, 9.17) is 9.47 Å². The predicted octanol–water partition coefficient (Wildman–Crippen LogP) is 2.91. The lowest BCUT2D eigenvalue weighted by molar-refractivity contribution is -0.142. The van der Waals surface area contributed by atoms with Gasteiger partial charge in [-0.05, 0) is 42.2 Å². The minimum atomic E-state index is -1.29. The first-order valence-corrected chi connectivity index (χ1v) is 12.8. The number of hydrogen-bond acceptors (Lipinski definition) is 6. The first-order chi connectivity index (χ1) is 18.5. The van der Waals surface area contributed by atoms with E-state index in [0.717, 1.165) is 16.7 Å². The number of nitrogens with one attached hydrogen (secondary N) is 2. The van der Waals surface area contributed by atoms with Crippen molar-refractivity contribution < 1.29 is 23.9 Å². The number of nitrogens with zero attached hydrogens (tertiary/aromatic N) is 1. The molecule has 1 spiro atoms. The summed E-state index contributed by atoms with van der Waals surface area (Å²) >= 11 is 0. The minimum absolute atomic E-state index is 0.220. The van der Waals surface area contributed by atoms with Crippen LogP contribution in [-0.4, -0.2) is 49.4 Å². The van der Waals surface area contributed by atoms with Gasteiger partial charge in [0.15, 0.2) is 11.5 Å². The van der Waals surface area contributed by atoms with Gasteiger partial charge in [-0.1, -0.05) is 54.6 Å². The van der Waals surface area contributed by atoms with Gasteiger partial charge in [-0.2, -0.15) is 0 Å². The summed E-state index contributed by atoms with van der Waals surface area (Å²) in [6.45, 7) is 0.220. The third-order valence-electron chi connectivity index (χ3n) is 8.08. The summed E-state index contributed by atoms with van der Waals surface area (Å²) in [4.78, 5) is 42.8. The fourth-order valence-corrected chi connectivity index (χ4v) is 6.36. The number of rotatable bonds is 7. The lowest BCUT2D eigenvalue weighted by Gasteiger charge is -2.29. The second kappa shape index (κ2) is 9.29. The highest BCUT2D eigenvalue weighted by Crippen LogP contribution is 2.53. The van der Waals surface area contributed by atoms with Crippen LogP contribution in [0.1, 0.15) is 16.7 Å². The van der Waals surface area contributed by atoms with E-state index in [0.29, 0.717) is 30.0 Å². The highest BCUT2D eigenvalue weighted by atomic mass is 16.5. The molecule has 0 aromatic heterocycles. The van der Waals surface area contributed by atoms with Crippen LogP contribution in [0.4, 0.5) is 5.69 Å². The predicted molar refractivity (Wildman–Crippen MR) is 141 cm³/mol. The lowest BCUT2D eigenvalue weighted by atomic mass is 9.76. The van der Waals surface area contributed by atoms with Gasteiger partial charge < -0.3 is 14.8 Å². The third-order valence-corrected chi connectivity index (χ3v) is 8.08. The number of anilines is 1. The number of methoxy groups -OCH3 is 2. The Labute approximate surface area is 220 Å². The fourth-order valence-electron chi connectivity index (χ4n) is 6.36.